The van der Waals surface area contributed by atoms with Gasteiger partial charge in [0.15, 0.2) is 0 Å². The Bertz CT molecular complexity index is 250. The minimum Gasteiger partial charge on any atom is -0.323 e. The molecule has 0 unspecified atom stereocenters. The van der Waals surface area contributed by atoms with E-state index >= 15 is 0 Å². The summed E-state index contributed by atoms with van der Waals surface area (Å²) in [6.07, 6.45) is 2.66. The van der Waals surface area contributed by atoms with Crippen LogP contribution in [0.25, 0.3) is 0 Å². The second-order valence-corrected chi connectivity index (χ2v) is 4.28. The van der Waals surface area contributed by atoms with E-state index in [4.69, 9.17) is 5.73 Å². The molecule has 1 aromatic heterocycles. The lowest BCUT2D eigenvalue weighted by Crippen LogP contribution is -2.11. The first-order valence-electron chi connectivity index (χ1n) is 4.08. The van der Waals surface area contributed by atoms with Crippen LogP contribution in [0.1, 0.15) is 29.3 Å². The van der Waals surface area contributed by atoms with E-state index in [1.165, 1.54) is 23.3 Å². The maximum atomic E-state index is 6.06. The van der Waals surface area contributed by atoms with Crippen molar-refractivity contribution in [1.29, 1.82) is 0 Å². The lowest BCUT2D eigenvalue weighted by atomic mass is 10.1. The van der Waals surface area contributed by atoms with E-state index in [0.717, 1.165) is 5.92 Å². The van der Waals surface area contributed by atoms with E-state index in [-0.39, 0.29) is 0 Å². The molecule has 0 radical (unpaired) electrons. The molecule has 2 N–H and O–H groups in total. The first kappa shape index (κ1) is 7.32. The lowest BCUT2D eigenvalue weighted by Gasteiger charge is -2.08. The van der Waals surface area contributed by atoms with Gasteiger partial charge < -0.3 is 5.73 Å². The monoisotopic (exact) mass is 167 g/mol. The molecule has 11 heavy (non-hydrogen) atoms. The molecule has 0 aromatic carbocycles. The van der Waals surface area contributed by atoms with Crippen molar-refractivity contribution in [2.75, 3.05) is 0 Å². The lowest BCUT2D eigenvalue weighted by molar-refractivity contribution is 0.642. The number of thiophene rings is 1. The highest BCUT2D eigenvalue weighted by Gasteiger charge is 2.30. The van der Waals surface area contributed by atoms with Gasteiger partial charge in [-0.05, 0) is 42.7 Å². The molecule has 1 nitrogen and oxygen atoms in total. The van der Waals surface area contributed by atoms with Crippen LogP contribution in [0.3, 0.4) is 0 Å². The topological polar surface area (TPSA) is 26.0 Å². The van der Waals surface area contributed by atoms with Crippen molar-refractivity contribution in [3.8, 4) is 0 Å². The summed E-state index contributed by atoms with van der Waals surface area (Å²) in [5, 5.41) is 2.13. The molecule has 1 fully saturated rings. The quantitative estimate of drug-likeness (QED) is 0.719. The zero-order valence-electron chi connectivity index (χ0n) is 6.71. The number of hydrogen-bond donors (Lipinski definition) is 1. The Kier molecular flexibility index (Phi) is 1.74. The zero-order chi connectivity index (χ0) is 7.84. The van der Waals surface area contributed by atoms with Crippen molar-refractivity contribution in [3.63, 3.8) is 0 Å². The predicted molar refractivity (Wildman–Crippen MR) is 48.7 cm³/mol. The van der Waals surface area contributed by atoms with Gasteiger partial charge in [0.2, 0.25) is 0 Å². The molecule has 60 valence electrons. The standard InChI is InChI=1S/C9H13NS/c1-6-4-5-11-9(6)8(10)7-2-3-7/h4-5,7-8H,2-3,10H2,1H3/t8-/m1/s1. The van der Waals surface area contributed by atoms with Crippen LogP contribution in [0.15, 0.2) is 11.4 Å². The Labute approximate surface area is 71.2 Å². The molecule has 2 rings (SSSR count). The van der Waals surface area contributed by atoms with Crippen LogP contribution in [0.2, 0.25) is 0 Å². The summed E-state index contributed by atoms with van der Waals surface area (Å²) in [6, 6.07) is 2.48. The van der Waals surface area contributed by atoms with Gasteiger partial charge in [0.1, 0.15) is 0 Å². The molecular formula is C9H13NS. The summed E-state index contributed by atoms with van der Waals surface area (Å²) in [7, 11) is 0. The molecule has 1 aliphatic carbocycles. The van der Waals surface area contributed by atoms with Crippen LogP contribution in [0, 0.1) is 12.8 Å². The van der Waals surface area contributed by atoms with Gasteiger partial charge in [-0.15, -0.1) is 11.3 Å². The van der Waals surface area contributed by atoms with Crippen molar-refractivity contribution >= 4 is 11.3 Å². The van der Waals surface area contributed by atoms with Crippen molar-refractivity contribution in [3.05, 3.63) is 21.9 Å². The maximum absolute atomic E-state index is 6.06. The molecular weight excluding hydrogens is 154 g/mol. The SMILES string of the molecule is Cc1ccsc1[C@H](N)C1CC1. The second-order valence-electron chi connectivity index (χ2n) is 3.33. The molecule has 1 aliphatic rings. The van der Waals surface area contributed by atoms with E-state index in [2.05, 4.69) is 18.4 Å². The fraction of sp³-hybridized carbons (Fsp3) is 0.556. The Morgan fingerprint density at radius 3 is 2.82 bits per heavy atom. The smallest absolute Gasteiger partial charge is 0.0421 e. The largest absolute Gasteiger partial charge is 0.323 e. The predicted octanol–water partition coefficient (Wildman–Crippen LogP) is 2.47. The van der Waals surface area contributed by atoms with Gasteiger partial charge in [0, 0.05) is 10.9 Å². The van der Waals surface area contributed by atoms with Crippen LogP contribution < -0.4 is 5.73 Å². The van der Waals surface area contributed by atoms with E-state index < -0.39 is 0 Å². The van der Waals surface area contributed by atoms with Crippen LogP contribution in [0.5, 0.6) is 0 Å². The molecule has 1 saturated carbocycles. The van der Waals surface area contributed by atoms with Gasteiger partial charge >= 0.3 is 0 Å². The molecule has 1 aromatic rings. The van der Waals surface area contributed by atoms with Gasteiger partial charge in [-0.2, -0.15) is 0 Å². The summed E-state index contributed by atoms with van der Waals surface area (Å²) in [6.45, 7) is 2.15. The third-order valence-electron chi connectivity index (χ3n) is 2.33. The third kappa shape index (κ3) is 1.33. The number of rotatable bonds is 2. The summed E-state index contributed by atoms with van der Waals surface area (Å²) >= 11 is 1.80. The summed E-state index contributed by atoms with van der Waals surface area (Å²) in [5.41, 5.74) is 7.43. The minimum atomic E-state index is 0.329. The number of nitrogens with two attached hydrogens (primary N) is 1. The van der Waals surface area contributed by atoms with Crippen LogP contribution in [-0.4, -0.2) is 0 Å². The minimum absolute atomic E-state index is 0.329. The molecule has 1 atom stereocenters. The fourth-order valence-electron chi connectivity index (χ4n) is 1.40. The highest BCUT2D eigenvalue weighted by Crippen LogP contribution is 2.41. The molecule has 0 amide bonds. The van der Waals surface area contributed by atoms with Crippen LogP contribution in [-0.2, 0) is 0 Å². The molecule has 0 spiro atoms. The summed E-state index contributed by atoms with van der Waals surface area (Å²) < 4.78 is 0. The molecule has 0 saturated heterocycles. The van der Waals surface area contributed by atoms with E-state index in [9.17, 15) is 0 Å². The van der Waals surface area contributed by atoms with E-state index in [0.29, 0.717) is 6.04 Å². The number of hydrogen-bond acceptors (Lipinski definition) is 2. The Morgan fingerprint density at radius 2 is 2.36 bits per heavy atom. The first-order chi connectivity index (χ1) is 5.29. The van der Waals surface area contributed by atoms with E-state index in [1.807, 2.05) is 0 Å². The summed E-state index contributed by atoms with van der Waals surface area (Å²) in [5.74, 6) is 0.785. The molecule has 0 aliphatic heterocycles. The van der Waals surface area contributed by atoms with Gasteiger partial charge in [0.25, 0.3) is 0 Å². The fourth-order valence-corrected chi connectivity index (χ4v) is 2.42. The van der Waals surface area contributed by atoms with Gasteiger partial charge in [0.05, 0.1) is 0 Å². The average molecular weight is 167 g/mol. The Balaban J connectivity index is 2.20. The Hall–Kier alpha value is -0.340. The van der Waals surface area contributed by atoms with E-state index in [1.54, 1.807) is 11.3 Å². The van der Waals surface area contributed by atoms with Crippen molar-refractivity contribution in [1.82, 2.24) is 0 Å². The van der Waals surface area contributed by atoms with Crippen molar-refractivity contribution in [2.45, 2.75) is 25.8 Å². The third-order valence-corrected chi connectivity index (χ3v) is 3.45. The van der Waals surface area contributed by atoms with Gasteiger partial charge in [-0.3, -0.25) is 0 Å². The van der Waals surface area contributed by atoms with Gasteiger partial charge in [-0.1, -0.05) is 0 Å². The molecule has 0 bridgehead atoms. The molecule has 1 heterocycles. The number of aryl methyl sites for hydroxylation is 1. The molecule has 2 heteroatoms. The zero-order valence-corrected chi connectivity index (χ0v) is 7.53. The highest BCUT2D eigenvalue weighted by atomic mass is 32.1. The maximum Gasteiger partial charge on any atom is 0.0421 e. The first-order valence-corrected chi connectivity index (χ1v) is 4.96. The van der Waals surface area contributed by atoms with Crippen molar-refractivity contribution in [2.24, 2.45) is 11.7 Å². The van der Waals surface area contributed by atoms with Gasteiger partial charge in [-0.25, -0.2) is 0 Å². The van der Waals surface area contributed by atoms with Crippen molar-refractivity contribution < 1.29 is 0 Å². The van der Waals surface area contributed by atoms with Crippen LogP contribution in [0.4, 0.5) is 0 Å². The van der Waals surface area contributed by atoms with Crippen LogP contribution >= 0.6 is 11.3 Å². The Morgan fingerprint density at radius 1 is 1.64 bits per heavy atom. The average Bonchev–Trinajstić information content (AvgIpc) is 2.74. The highest BCUT2D eigenvalue weighted by molar-refractivity contribution is 7.10. The summed E-state index contributed by atoms with van der Waals surface area (Å²) in [4.78, 5) is 1.40. The normalized spacial score (nSPS) is 20.2. The second kappa shape index (κ2) is 2.61.